The zero-order valence-electron chi connectivity index (χ0n) is 29.8. The van der Waals surface area contributed by atoms with Gasteiger partial charge in [-0.25, -0.2) is 4.98 Å². The number of rotatable bonds is 6. The van der Waals surface area contributed by atoms with E-state index in [1.165, 1.54) is 38.8 Å². The first-order valence-electron chi connectivity index (χ1n) is 17.5. The van der Waals surface area contributed by atoms with Crippen LogP contribution in [0, 0.1) is 0 Å². The van der Waals surface area contributed by atoms with Gasteiger partial charge in [0.05, 0.1) is 29.1 Å². The van der Waals surface area contributed by atoms with E-state index in [9.17, 15) is 0 Å². The van der Waals surface area contributed by atoms with Crippen LogP contribution in [0.5, 0.6) is 11.5 Å². The lowest BCUT2D eigenvalue weighted by Crippen LogP contribution is -2.27. The fourth-order valence-corrected chi connectivity index (χ4v) is 7.08. The van der Waals surface area contributed by atoms with Gasteiger partial charge in [-0.2, -0.15) is 0 Å². The first-order valence-corrected chi connectivity index (χ1v) is 17.5. The van der Waals surface area contributed by atoms with E-state index in [0.717, 1.165) is 47.3 Å². The van der Waals surface area contributed by atoms with Crippen molar-refractivity contribution < 1.29 is 4.74 Å². The Morgan fingerprint density at radius 1 is 0.600 bits per heavy atom. The van der Waals surface area contributed by atoms with E-state index >= 15 is 0 Å². The van der Waals surface area contributed by atoms with Crippen molar-refractivity contribution in [2.45, 2.75) is 58.9 Å². The Bertz CT molecular complexity index is 2340. The van der Waals surface area contributed by atoms with Crippen molar-refractivity contribution in [1.29, 1.82) is 0 Å². The van der Waals surface area contributed by atoms with Gasteiger partial charge in [-0.05, 0) is 82.1 Å². The molecule has 7 aromatic rings. The molecule has 2 aromatic heterocycles. The summed E-state index contributed by atoms with van der Waals surface area (Å²) < 4.78 is 9.09. The number of benzene rings is 5. The van der Waals surface area contributed by atoms with E-state index in [2.05, 4.69) is 183 Å². The number of hydrogen-bond acceptors (Lipinski definition) is 4. The van der Waals surface area contributed by atoms with Crippen LogP contribution in [0.4, 0.5) is 17.1 Å². The fourth-order valence-electron chi connectivity index (χ4n) is 7.08. The molecule has 0 bridgehead atoms. The lowest BCUT2D eigenvalue weighted by atomic mass is 9.86. The summed E-state index contributed by atoms with van der Waals surface area (Å²) in [6, 6.07) is 45.5. The molecule has 5 aromatic carbocycles. The highest BCUT2D eigenvalue weighted by atomic mass is 16.5. The third-order valence-electron chi connectivity index (χ3n) is 9.83. The lowest BCUT2D eigenvalue weighted by molar-refractivity contribution is 0.479. The van der Waals surface area contributed by atoms with Gasteiger partial charge in [-0.3, -0.25) is 4.57 Å². The summed E-state index contributed by atoms with van der Waals surface area (Å²) in [5.74, 6) is 2.52. The molecule has 3 heterocycles. The summed E-state index contributed by atoms with van der Waals surface area (Å²) in [5.41, 5.74) is 9.46. The Balaban J connectivity index is 1.20. The molecule has 5 heteroatoms. The SMILES string of the molecule is CC(C)(C)c1cc(Oc2ccc3c4ccccc4n(-c4cc(C(C)(C)C)ccn4)c3c2)cc(N2CN(Cc3ccccc3)c3ccccc32)c1. The van der Waals surface area contributed by atoms with Crippen LogP contribution in [0.25, 0.3) is 27.6 Å². The number of hydrogen-bond donors (Lipinski definition) is 0. The van der Waals surface area contributed by atoms with Gasteiger partial charge in [0.15, 0.2) is 0 Å². The van der Waals surface area contributed by atoms with E-state index in [-0.39, 0.29) is 10.8 Å². The lowest BCUT2D eigenvalue weighted by Gasteiger charge is -2.26. The summed E-state index contributed by atoms with van der Waals surface area (Å²) in [6.07, 6.45) is 1.92. The highest BCUT2D eigenvalue weighted by molar-refractivity contribution is 6.09. The number of nitrogens with zero attached hydrogens (tertiary/aromatic N) is 4. The molecule has 5 nitrogen and oxygen atoms in total. The van der Waals surface area contributed by atoms with Crippen molar-refractivity contribution in [2.75, 3.05) is 16.5 Å². The largest absolute Gasteiger partial charge is 0.457 e. The second-order valence-electron chi connectivity index (χ2n) is 15.5. The maximum atomic E-state index is 6.82. The normalized spacial score (nSPS) is 13.3. The molecule has 0 N–H and O–H groups in total. The first-order chi connectivity index (χ1) is 24.0. The molecule has 0 amide bonds. The Hall–Kier alpha value is -5.55. The van der Waals surface area contributed by atoms with Crippen molar-refractivity contribution in [3.05, 3.63) is 150 Å². The maximum absolute atomic E-state index is 6.82. The quantitative estimate of drug-likeness (QED) is 0.178. The second-order valence-corrected chi connectivity index (χ2v) is 15.5. The van der Waals surface area contributed by atoms with Gasteiger partial charge < -0.3 is 14.5 Å². The van der Waals surface area contributed by atoms with Crippen LogP contribution < -0.4 is 14.5 Å². The smallest absolute Gasteiger partial charge is 0.137 e. The number of ether oxygens (including phenoxy) is 1. The average Bonchev–Trinajstić information content (AvgIpc) is 3.63. The third-order valence-corrected chi connectivity index (χ3v) is 9.83. The van der Waals surface area contributed by atoms with Crippen LogP contribution >= 0.6 is 0 Å². The van der Waals surface area contributed by atoms with Crippen molar-refractivity contribution in [1.82, 2.24) is 9.55 Å². The molecule has 50 heavy (non-hydrogen) atoms. The van der Waals surface area contributed by atoms with E-state index in [4.69, 9.17) is 9.72 Å². The summed E-state index contributed by atoms with van der Waals surface area (Å²) in [4.78, 5) is 9.73. The van der Waals surface area contributed by atoms with Gasteiger partial charge in [0.25, 0.3) is 0 Å². The van der Waals surface area contributed by atoms with E-state index in [1.807, 2.05) is 6.20 Å². The minimum Gasteiger partial charge on any atom is -0.457 e. The minimum atomic E-state index is -0.0722. The number of anilines is 3. The van der Waals surface area contributed by atoms with E-state index < -0.39 is 0 Å². The van der Waals surface area contributed by atoms with Crippen LogP contribution in [0.15, 0.2) is 134 Å². The summed E-state index contributed by atoms with van der Waals surface area (Å²) in [6.45, 7) is 15.1. The summed E-state index contributed by atoms with van der Waals surface area (Å²) in [7, 11) is 0. The molecule has 0 saturated carbocycles. The minimum absolute atomic E-state index is 0.00886. The molecule has 0 atom stereocenters. The van der Waals surface area contributed by atoms with E-state index in [1.54, 1.807) is 0 Å². The standard InChI is InChI=1S/C45H44N4O/c1-44(2,3)32-22-23-46-43(26-32)49-39-17-11-10-16-37(39)38-21-20-35(28-42(38)49)50-36-25-33(45(4,5)6)24-34(27-36)48-30-47(29-31-14-8-7-9-15-31)40-18-12-13-19-41(40)48/h7-28H,29-30H2,1-6H3. The Labute approximate surface area is 295 Å². The number of aromatic nitrogens is 2. The van der Waals surface area contributed by atoms with Crippen LogP contribution in [-0.4, -0.2) is 16.2 Å². The number of para-hydroxylation sites is 3. The molecule has 1 aliphatic heterocycles. The zero-order chi connectivity index (χ0) is 34.6. The molecule has 250 valence electrons. The van der Waals surface area contributed by atoms with Gasteiger partial charge in [-0.15, -0.1) is 0 Å². The van der Waals surface area contributed by atoms with Crippen LogP contribution in [0.3, 0.4) is 0 Å². The predicted molar refractivity (Wildman–Crippen MR) is 209 cm³/mol. The Kier molecular flexibility index (Phi) is 7.67. The molecule has 0 unspecified atom stereocenters. The highest BCUT2D eigenvalue weighted by Crippen LogP contribution is 2.44. The molecule has 0 fully saturated rings. The van der Waals surface area contributed by atoms with Gasteiger partial charge in [0, 0.05) is 41.3 Å². The average molecular weight is 657 g/mol. The topological polar surface area (TPSA) is 33.5 Å². The van der Waals surface area contributed by atoms with Crippen LogP contribution in [0.1, 0.15) is 58.2 Å². The van der Waals surface area contributed by atoms with Crippen molar-refractivity contribution in [3.63, 3.8) is 0 Å². The molecule has 0 radical (unpaired) electrons. The molecule has 8 rings (SSSR count). The van der Waals surface area contributed by atoms with E-state index in [0.29, 0.717) is 0 Å². The fraction of sp³-hybridized carbons (Fsp3) is 0.222. The molecular formula is C45H44N4O. The molecule has 0 aliphatic carbocycles. The first kappa shape index (κ1) is 31.7. The van der Waals surface area contributed by atoms with Crippen molar-refractivity contribution in [2.24, 2.45) is 0 Å². The maximum Gasteiger partial charge on any atom is 0.137 e. The predicted octanol–water partition coefficient (Wildman–Crippen LogP) is 11.7. The van der Waals surface area contributed by atoms with Gasteiger partial charge in [-0.1, -0.05) is 102 Å². The second kappa shape index (κ2) is 12.1. The van der Waals surface area contributed by atoms with Gasteiger partial charge in [0.1, 0.15) is 17.3 Å². The number of pyridine rings is 1. The van der Waals surface area contributed by atoms with Crippen LogP contribution in [-0.2, 0) is 17.4 Å². The van der Waals surface area contributed by atoms with Crippen molar-refractivity contribution >= 4 is 38.9 Å². The molecule has 0 saturated heterocycles. The highest BCUT2D eigenvalue weighted by Gasteiger charge is 2.28. The Morgan fingerprint density at radius 2 is 1.30 bits per heavy atom. The Morgan fingerprint density at radius 3 is 2.08 bits per heavy atom. The number of fused-ring (bicyclic) bond motifs is 4. The molecular weight excluding hydrogens is 613 g/mol. The summed E-state index contributed by atoms with van der Waals surface area (Å²) >= 11 is 0. The molecule has 0 spiro atoms. The summed E-state index contributed by atoms with van der Waals surface area (Å²) in [5, 5.41) is 2.37. The zero-order valence-corrected chi connectivity index (χ0v) is 29.8. The van der Waals surface area contributed by atoms with Gasteiger partial charge >= 0.3 is 0 Å². The van der Waals surface area contributed by atoms with Crippen molar-refractivity contribution in [3.8, 4) is 17.3 Å². The van der Waals surface area contributed by atoms with Crippen LogP contribution in [0.2, 0.25) is 0 Å². The van der Waals surface area contributed by atoms with Gasteiger partial charge in [0.2, 0.25) is 0 Å². The monoisotopic (exact) mass is 656 g/mol. The third kappa shape index (κ3) is 5.87. The molecule has 1 aliphatic rings.